The molecule has 0 nitrogen and oxygen atoms in total. The van der Waals surface area contributed by atoms with Gasteiger partial charge in [0.05, 0.1) is 0 Å². The van der Waals surface area contributed by atoms with Crippen LogP contribution in [-0.2, 0) is 0 Å². The van der Waals surface area contributed by atoms with Crippen molar-refractivity contribution in [1.82, 2.24) is 0 Å². The molecule has 19 heavy (non-hydrogen) atoms. The van der Waals surface area contributed by atoms with E-state index >= 15 is 0 Å². The summed E-state index contributed by atoms with van der Waals surface area (Å²) < 4.78 is 0. The molecule has 0 atom stereocenters. The molecule has 0 unspecified atom stereocenters. The van der Waals surface area contributed by atoms with Crippen molar-refractivity contribution in [1.29, 1.82) is 0 Å². The highest BCUT2D eigenvalue weighted by Gasteiger charge is 1.91. The van der Waals surface area contributed by atoms with Gasteiger partial charge in [-0.2, -0.15) is 0 Å². The van der Waals surface area contributed by atoms with Crippen molar-refractivity contribution in [2.45, 2.75) is 110 Å². The summed E-state index contributed by atoms with van der Waals surface area (Å²) in [5, 5.41) is 0. The Bertz CT molecular complexity index is 169. The summed E-state index contributed by atoms with van der Waals surface area (Å²) in [5.41, 5.74) is 0. The van der Waals surface area contributed by atoms with Gasteiger partial charge in [-0.15, -0.1) is 0 Å². The first-order valence-corrected chi connectivity index (χ1v) is 9.06. The second-order valence-electron chi connectivity index (χ2n) is 5.94. The van der Waals surface area contributed by atoms with Gasteiger partial charge in [-0.3, -0.25) is 0 Å². The van der Waals surface area contributed by atoms with Crippen LogP contribution in [0.5, 0.6) is 0 Å². The van der Waals surface area contributed by atoms with Gasteiger partial charge >= 0.3 is 0 Å². The average molecular weight is 267 g/mol. The summed E-state index contributed by atoms with van der Waals surface area (Å²) in [4.78, 5) is 0. The van der Waals surface area contributed by atoms with Crippen LogP contribution in [-0.4, -0.2) is 0 Å². The Morgan fingerprint density at radius 3 is 1.21 bits per heavy atom. The lowest BCUT2D eigenvalue weighted by atomic mass is 10.1. The largest absolute Gasteiger partial charge is 0.0885 e. The average Bonchev–Trinajstić information content (AvgIpc) is 2.43. The SMILES string of the molecule is CCCCC/C=C/CCCCCCCCCCCC. The van der Waals surface area contributed by atoms with Gasteiger partial charge in [-0.05, 0) is 25.7 Å². The molecule has 0 saturated heterocycles. The monoisotopic (exact) mass is 266 g/mol. The van der Waals surface area contributed by atoms with E-state index in [-0.39, 0.29) is 0 Å². The Hall–Kier alpha value is -0.260. The second-order valence-corrected chi connectivity index (χ2v) is 5.94. The van der Waals surface area contributed by atoms with E-state index in [4.69, 9.17) is 0 Å². The summed E-state index contributed by atoms with van der Waals surface area (Å²) in [7, 11) is 0. The van der Waals surface area contributed by atoms with E-state index in [0.717, 1.165) is 0 Å². The van der Waals surface area contributed by atoms with Crippen LogP contribution >= 0.6 is 0 Å². The molecule has 0 aromatic rings. The Kier molecular flexibility index (Phi) is 17.5. The minimum absolute atomic E-state index is 1.30. The highest BCUT2D eigenvalue weighted by atomic mass is 14.0. The number of unbranched alkanes of at least 4 members (excludes halogenated alkanes) is 13. The molecule has 0 aliphatic rings. The molecule has 0 aromatic carbocycles. The van der Waals surface area contributed by atoms with Crippen LogP contribution in [0.2, 0.25) is 0 Å². The molecular weight excluding hydrogens is 228 g/mol. The number of allylic oxidation sites excluding steroid dienone is 2. The van der Waals surface area contributed by atoms with E-state index in [1.54, 1.807) is 0 Å². The van der Waals surface area contributed by atoms with E-state index in [1.807, 2.05) is 0 Å². The molecule has 0 amide bonds. The van der Waals surface area contributed by atoms with Gasteiger partial charge in [0.25, 0.3) is 0 Å². The zero-order valence-corrected chi connectivity index (χ0v) is 13.8. The molecule has 0 N–H and O–H groups in total. The first-order valence-electron chi connectivity index (χ1n) is 9.06. The normalized spacial score (nSPS) is 11.5. The van der Waals surface area contributed by atoms with E-state index in [1.165, 1.54) is 96.3 Å². The van der Waals surface area contributed by atoms with Crippen LogP contribution in [0.15, 0.2) is 12.2 Å². The first kappa shape index (κ1) is 18.7. The highest BCUT2D eigenvalue weighted by Crippen LogP contribution is 2.11. The maximum atomic E-state index is 2.40. The maximum Gasteiger partial charge on any atom is -0.0351 e. The second kappa shape index (κ2) is 17.7. The molecule has 0 saturated carbocycles. The predicted molar refractivity (Wildman–Crippen MR) is 89.7 cm³/mol. The molecule has 0 heterocycles. The topological polar surface area (TPSA) is 0 Å². The standard InChI is InChI=1S/C19H38/c1-3-5-7-9-11-13-15-17-19-18-16-14-12-10-8-6-4-2/h11,13H,3-10,12,14-19H2,1-2H3/b13-11+. The molecule has 0 aliphatic heterocycles. The first-order chi connectivity index (χ1) is 9.41. The Balaban J connectivity index is 2.98. The number of hydrogen-bond acceptors (Lipinski definition) is 0. The van der Waals surface area contributed by atoms with E-state index in [0.29, 0.717) is 0 Å². The van der Waals surface area contributed by atoms with Crippen LogP contribution < -0.4 is 0 Å². The minimum Gasteiger partial charge on any atom is -0.0885 e. The van der Waals surface area contributed by atoms with Crippen molar-refractivity contribution < 1.29 is 0 Å². The smallest absolute Gasteiger partial charge is 0.0351 e. The van der Waals surface area contributed by atoms with Crippen LogP contribution in [0.1, 0.15) is 110 Å². The van der Waals surface area contributed by atoms with E-state index in [9.17, 15) is 0 Å². The zero-order valence-electron chi connectivity index (χ0n) is 13.8. The van der Waals surface area contributed by atoms with Gasteiger partial charge < -0.3 is 0 Å². The number of hydrogen-bond donors (Lipinski definition) is 0. The molecule has 0 bridgehead atoms. The highest BCUT2D eigenvalue weighted by molar-refractivity contribution is 4.81. The molecule has 0 rings (SSSR count). The number of rotatable bonds is 15. The van der Waals surface area contributed by atoms with E-state index < -0.39 is 0 Å². The van der Waals surface area contributed by atoms with E-state index in [2.05, 4.69) is 26.0 Å². The molecule has 0 aromatic heterocycles. The third-order valence-corrected chi connectivity index (χ3v) is 3.87. The molecular formula is C19H38. The Morgan fingerprint density at radius 2 is 0.737 bits per heavy atom. The van der Waals surface area contributed by atoms with Gasteiger partial charge in [0.15, 0.2) is 0 Å². The summed E-state index contributed by atoms with van der Waals surface area (Å²) in [6, 6.07) is 0. The fraction of sp³-hybridized carbons (Fsp3) is 0.895. The molecule has 0 aliphatic carbocycles. The fourth-order valence-corrected chi connectivity index (χ4v) is 2.50. The van der Waals surface area contributed by atoms with Crippen molar-refractivity contribution in [3.63, 3.8) is 0 Å². The lowest BCUT2D eigenvalue weighted by Crippen LogP contribution is -1.81. The molecule has 0 fully saturated rings. The van der Waals surface area contributed by atoms with Crippen molar-refractivity contribution >= 4 is 0 Å². The Morgan fingerprint density at radius 1 is 0.421 bits per heavy atom. The molecule has 114 valence electrons. The Labute approximate surface area is 123 Å². The van der Waals surface area contributed by atoms with Crippen LogP contribution in [0, 0.1) is 0 Å². The third-order valence-electron chi connectivity index (χ3n) is 3.87. The quantitative estimate of drug-likeness (QED) is 0.213. The van der Waals surface area contributed by atoms with Gasteiger partial charge in [0.2, 0.25) is 0 Å². The molecule has 0 heteroatoms. The summed E-state index contributed by atoms with van der Waals surface area (Å²) in [6.07, 6.45) is 25.9. The fourth-order valence-electron chi connectivity index (χ4n) is 2.50. The van der Waals surface area contributed by atoms with Gasteiger partial charge in [0.1, 0.15) is 0 Å². The van der Waals surface area contributed by atoms with Crippen LogP contribution in [0.3, 0.4) is 0 Å². The summed E-state index contributed by atoms with van der Waals surface area (Å²) >= 11 is 0. The maximum absolute atomic E-state index is 2.40. The zero-order chi connectivity index (χ0) is 14.0. The summed E-state index contributed by atoms with van der Waals surface area (Å²) in [5.74, 6) is 0. The summed E-state index contributed by atoms with van der Waals surface area (Å²) in [6.45, 7) is 4.56. The molecule has 0 spiro atoms. The van der Waals surface area contributed by atoms with Crippen molar-refractivity contribution in [3.8, 4) is 0 Å². The predicted octanol–water partition coefficient (Wildman–Crippen LogP) is 7.43. The molecule has 0 radical (unpaired) electrons. The van der Waals surface area contributed by atoms with Crippen molar-refractivity contribution in [3.05, 3.63) is 12.2 Å². The van der Waals surface area contributed by atoms with Gasteiger partial charge in [0, 0.05) is 0 Å². The van der Waals surface area contributed by atoms with Crippen molar-refractivity contribution in [2.75, 3.05) is 0 Å². The van der Waals surface area contributed by atoms with Crippen LogP contribution in [0.25, 0.3) is 0 Å². The van der Waals surface area contributed by atoms with Gasteiger partial charge in [-0.1, -0.05) is 96.6 Å². The lowest BCUT2D eigenvalue weighted by molar-refractivity contribution is 0.557. The minimum atomic E-state index is 1.30. The lowest BCUT2D eigenvalue weighted by Gasteiger charge is -2.01. The van der Waals surface area contributed by atoms with Crippen molar-refractivity contribution in [2.24, 2.45) is 0 Å². The van der Waals surface area contributed by atoms with Gasteiger partial charge in [-0.25, -0.2) is 0 Å². The third kappa shape index (κ3) is 17.7. The van der Waals surface area contributed by atoms with Crippen LogP contribution in [0.4, 0.5) is 0 Å².